The molecular weight excluding hydrogens is 404 g/mol. The van der Waals surface area contributed by atoms with Crippen LogP contribution in [0.5, 0.6) is 0 Å². The number of halogens is 4. The van der Waals surface area contributed by atoms with E-state index >= 15 is 4.39 Å². The van der Waals surface area contributed by atoms with E-state index < -0.39 is 35.1 Å². The standard InChI is InChI=1S/C19H14F4N6O/c1-29-17(30)19(27-18(29)24,10-4-9(16(22)23)7-25-8-10)12-5-11(13(20)6-14(12)21)15-2-3-26-28-15/h2-8,16H,1H3,(H2,24,27)(H,26,28). The maximum absolute atomic E-state index is 15.0. The van der Waals surface area contributed by atoms with E-state index in [1.54, 1.807) is 0 Å². The lowest BCUT2D eigenvalue weighted by Gasteiger charge is -2.27. The summed E-state index contributed by atoms with van der Waals surface area (Å²) in [7, 11) is 1.31. The highest BCUT2D eigenvalue weighted by atomic mass is 19.3. The van der Waals surface area contributed by atoms with Gasteiger partial charge >= 0.3 is 0 Å². The third kappa shape index (κ3) is 2.81. The minimum absolute atomic E-state index is 0.110. The zero-order valence-corrected chi connectivity index (χ0v) is 15.4. The molecule has 0 aliphatic carbocycles. The molecule has 3 aromatic rings. The number of hydrogen-bond acceptors (Lipinski definition) is 5. The van der Waals surface area contributed by atoms with Crippen LogP contribution in [0.25, 0.3) is 11.3 Å². The van der Waals surface area contributed by atoms with Gasteiger partial charge in [0.25, 0.3) is 12.3 Å². The number of H-pyrrole nitrogens is 1. The number of aromatic nitrogens is 3. The van der Waals surface area contributed by atoms with Crippen LogP contribution in [0.15, 0.2) is 47.8 Å². The van der Waals surface area contributed by atoms with Gasteiger partial charge in [-0.2, -0.15) is 5.10 Å². The van der Waals surface area contributed by atoms with Gasteiger partial charge in [-0.15, -0.1) is 0 Å². The van der Waals surface area contributed by atoms with Crippen LogP contribution >= 0.6 is 0 Å². The highest BCUT2D eigenvalue weighted by molar-refractivity contribution is 6.09. The van der Waals surface area contributed by atoms with Crippen LogP contribution in [-0.4, -0.2) is 39.0 Å². The molecular formula is C19H14F4N6O. The number of rotatable bonds is 4. The molecule has 154 valence electrons. The molecule has 1 amide bonds. The second-order valence-corrected chi connectivity index (χ2v) is 6.62. The van der Waals surface area contributed by atoms with Gasteiger partial charge in [0.1, 0.15) is 11.6 Å². The fourth-order valence-corrected chi connectivity index (χ4v) is 3.37. The van der Waals surface area contributed by atoms with Crippen LogP contribution in [0.2, 0.25) is 0 Å². The second kappa shape index (κ2) is 6.94. The molecule has 11 heteroatoms. The molecule has 0 spiro atoms. The average molecular weight is 418 g/mol. The van der Waals surface area contributed by atoms with Crippen molar-refractivity contribution in [2.75, 3.05) is 7.05 Å². The van der Waals surface area contributed by atoms with E-state index in [1.165, 1.54) is 19.3 Å². The fraction of sp³-hybridized carbons (Fsp3) is 0.158. The largest absolute Gasteiger partial charge is 0.369 e. The van der Waals surface area contributed by atoms with Gasteiger partial charge in [0.15, 0.2) is 11.5 Å². The summed E-state index contributed by atoms with van der Waals surface area (Å²) in [6, 6.07) is 4.11. The summed E-state index contributed by atoms with van der Waals surface area (Å²) in [5.74, 6) is -3.08. The van der Waals surface area contributed by atoms with Gasteiger partial charge in [-0.1, -0.05) is 0 Å². The molecule has 3 heterocycles. The van der Waals surface area contributed by atoms with Gasteiger partial charge in [0.05, 0.1) is 5.69 Å². The van der Waals surface area contributed by atoms with Crippen LogP contribution in [0.1, 0.15) is 23.1 Å². The predicted molar refractivity (Wildman–Crippen MR) is 98.3 cm³/mol. The molecule has 0 bridgehead atoms. The first-order chi connectivity index (χ1) is 14.3. The van der Waals surface area contributed by atoms with Crippen molar-refractivity contribution in [2.24, 2.45) is 10.7 Å². The number of pyridine rings is 1. The van der Waals surface area contributed by atoms with Crippen molar-refractivity contribution >= 4 is 11.9 Å². The van der Waals surface area contributed by atoms with E-state index in [9.17, 15) is 18.0 Å². The molecule has 1 unspecified atom stereocenters. The maximum atomic E-state index is 15.0. The smallest absolute Gasteiger partial charge is 0.266 e. The summed E-state index contributed by atoms with van der Waals surface area (Å²) in [5.41, 5.74) is 2.71. The molecule has 0 fully saturated rings. The number of hydrogen-bond donors (Lipinski definition) is 2. The Kier molecular flexibility index (Phi) is 4.52. The van der Waals surface area contributed by atoms with Crippen molar-refractivity contribution in [2.45, 2.75) is 12.0 Å². The monoisotopic (exact) mass is 418 g/mol. The first kappa shape index (κ1) is 19.6. The Hall–Kier alpha value is -3.76. The minimum Gasteiger partial charge on any atom is -0.369 e. The second-order valence-electron chi connectivity index (χ2n) is 6.62. The summed E-state index contributed by atoms with van der Waals surface area (Å²) in [6.45, 7) is 0. The zero-order valence-electron chi connectivity index (χ0n) is 15.4. The summed E-state index contributed by atoms with van der Waals surface area (Å²) in [6.07, 6.45) is 0.599. The Morgan fingerprint density at radius 1 is 1.17 bits per heavy atom. The molecule has 3 N–H and O–H groups in total. The molecule has 1 aliphatic rings. The zero-order chi connectivity index (χ0) is 21.6. The maximum Gasteiger partial charge on any atom is 0.266 e. The Bertz CT molecular complexity index is 1160. The van der Waals surface area contributed by atoms with E-state index in [0.29, 0.717) is 6.07 Å². The van der Waals surface area contributed by atoms with Crippen molar-refractivity contribution in [3.05, 3.63) is 71.2 Å². The Balaban J connectivity index is 2.03. The van der Waals surface area contributed by atoms with E-state index in [2.05, 4.69) is 20.2 Å². The topological polar surface area (TPSA) is 100 Å². The molecule has 1 aliphatic heterocycles. The van der Waals surface area contributed by atoms with Crippen LogP contribution in [0.3, 0.4) is 0 Å². The van der Waals surface area contributed by atoms with E-state index in [4.69, 9.17) is 5.73 Å². The average Bonchev–Trinajstić information content (AvgIpc) is 3.32. The van der Waals surface area contributed by atoms with Crippen LogP contribution in [-0.2, 0) is 10.3 Å². The van der Waals surface area contributed by atoms with Crippen molar-refractivity contribution in [1.82, 2.24) is 20.1 Å². The van der Waals surface area contributed by atoms with Crippen molar-refractivity contribution < 1.29 is 22.4 Å². The van der Waals surface area contributed by atoms with Crippen molar-refractivity contribution in [3.8, 4) is 11.3 Å². The lowest BCUT2D eigenvalue weighted by molar-refractivity contribution is -0.129. The first-order valence-corrected chi connectivity index (χ1v) is 8.62. The summed E-state index contributed by atoms with van der Waals surface area (Å²) in [4.78, 5) is 22.0. The van der Waals surface area contributed by atoms with Gasteiger partial charge in [0.2, 0.25) is 0 Å². The number of aliphatic imine (C=N–C) groups is 1. The van der Waals surface area contributed by atoms with E-state index in [1.807, 2.05) is 0 Å². The number of guanidine groups is 1. The van der Waals surface area contributed by atoms with Gasteiger partial charge in [-0.3, -0.25) is 19.8 Å². The Morgan fingerprint density at radius 2 is 1.93 bits per heavy atom. The first-order valence-electron chi connectivity index (χ1n) is 8.62. The summed E-state index contributed by atoms with van der Waals surface area (Å²) >= 11 is 0. The highest BCUT2D eigenvalue weighted by Gasteiger charge is 2.51. The van der Waals surface area contributed by atoms with Gasteiger partial charge in [-0.05, 0) is 18.2 Å². The highest BCUT2D eigenvalue weighted by Crippen LogP contribution is 2.42. The normalized spacial score (nSPS) is 18.9. The quantitative estimate of drug-likeness (QED) is 0.637. The van der Waals surface area contributed by atoms with Crippen LogP contribution in [0.4, 0.5) is 17.6 Å². The van der Waals surface area contributed by atoms with Crippen LogP contribution < -0.4 is 5.73 Å². The molecule has 0 saturated carbocycles. The van der Waals surface area contributed by atoms with Gasteiger partial charge < -0.3 is 5.73 Å². The minimum atomic E-state index is -2.89. The molecule has 7 nitrogen and oxygen atoms in total. The molecule has 1 atom stereocenters. The van der Waals surface area contributed by atoms with Crippen molar-refractivity contribution in [1.29, 1.82) is 0 Å². The number of likely N-dealkylation sites (N-methyl/N-ethyl adjacent to an activating group) is 1. The third-order valence-corrected chi connectivity index (χ3v) is 4.89. The summed E-state index contributed by atoms with van der Waals surface area (Å²) < 4.78 is 56.0. The molecule has 0 saturated heterocycles. The third-order valence-electron chi connectivity index (χ3n) is 4.89. The lowest BCUT2D eigenvalue weighted by atomic mass is 9.81. The molecule has 2 aromatic heterocycles. The van der Waals surface area contributed by atoms with E-state index in [-0.39, 0.29) is 28.3 Å². The Morgan fingerprint density at radius 3 is 2.53 bits per heavy atom. The number of carbonyl (C=O) groups excluding carboxylic acids is 1. The number of amides is 1. The number of alkyl halides is 2. The predicted octanol–water partition coefficient (Wildman–Crippen LogP) is 2.72. The van der Waals surface area contributed by atoms with Crippen LogP contribution in [0, 0.1) is 11.6 Å². The number of carbonyl (C=O) groups is 1. The Labute approximate surface area is 167 Å². The molecule has 0 radical (unpaired) electrons. The molecule has 4 rings (SSSR count). The number of nitrogens with zero attached hydrogens (tertiary/aromatic N) is 4. The molecule has 1 aromatic carbocycles. The SMILES string of the molecule is CN1C(=O)C(c2cncc(C(F)F)c2)(c2cc(-c3cc[nH]n3)c(F)cc2F)N=C1N. The fourth-order valence-electron chi connectivity index (χ4n) is 3.37. The molecule has 30 heavy (non-hydrogen) atoms. The lowest BCUT2D eigenvalue weighted by Crippen LogP contribution is -2.41. The summed E-state index contributed by atoms with van der Waals surface area (Å²) in [5, 5.41) is 6.39. The van der Waals surface area contributed by atoms with Gasteiger partial charge in [-0.25, -0.2) is 22.6 Å². The number of benzene rings is 1. The number of aromatic amines is 1. The van der Waals surface area contributed by atoms with Gasteiger partial charge in [0, 0.05) is 54.0 Å². The van der Waals surface area contributed by atoms with E-state index in [0.717, 1.165) is 29.4 Å². The number of nitrogens with two attached hydrogens (primary N) is 1. The van der Waals surface area contributed by atoms with Crippen molar-refractivity contribution in [3.63, 3.8) is 0 Å². The number of nitrogens with one attached hydrogen (secondary N) is 1.